The zero-order chi connectivity index (χ0) is 9.80. The maximum absolute atomic E-state index is 5.49. The second-order valence-electron chi connectivity index (χ2n) is 2.47. The van der Waals surface area contributed by atoms with E-state index in [1.54, 1.807) is 12.3 Å². The van der Waals surface area contributed by atoms with Gasteiger partial charge in [-0.25, -0.2) is 0 Å². The van der Waals surface area contributed by atoms with Gasteiger partial charge in [0.25, 0.3) is 0 Å². The highest BCUT2D eigenvalue weighted by molar-refractivity contribution is 6.16. The van der Waals surface area contributed by atoms with Crippen LogP contribution in [0.4, 0.5) is 6.01 Å². The molecule has 0 aliphatic rings. The van der Waals surface area contributed by atoms with E-state index >= 15 is 0 Å². The van der Waals surface area contributed by atoms with Crippen LogP contribution in [0.5, 0.6) is 0 Å². The first-order chi connectivity index (χ1) is 6.88. The predicted molar refractivity (Wildman–Crippen MR) is 47.7 cm³/mol. The standard InChI is InChI=1S/C7H7ClN4O2/c8-3-6-11-12-7(13-6)9-4-5-1-2-10-14-5/h1-2H,3-4H2,(H,9,12). The Balaban J connectivity index is 1.92. The van der Waals surface area contributed by atoms with E-state index in [-0.39, 0.29) is 5.88 Å². The van der Waals surface area contributed by atoms with Gasteiger partial charge in [0, 0.05) is 6.07 Å². The van der Waals surface area contributed by atoms with Gasteiger partial charge in [-0.1, -0.05) is 10.3 Å². The molecule has 0 saturated heterocycles. The third-order valence-electron chi connectivity index (χ3n) is 1.49. The molecule has 2 aromatic heterocycles. The van der Waals surface area contributed by atoms with Crippen molar-refractivity contribution in [3.8, 4) is 0 Å². The van der Waals surface area contributed by atoms with E-state index in [2.05, 4.69) is 20.7 Å². The fourth-order valence-electron chi connectivity index (χ4n) is 0.875. The summed E-state index contributed by atoms with van der Waals surface area (Å²) in [5.74, 6) is 1.28. The maximum Gasteiger partial charge on any atom is 0.315 e. The van der Waals surface area contributed by atoms with Gasteiger partial charge in [-0.05, 0) is 0 Å². The Morgan fingerprint density at radius 1 is 1.43 bits per heavy atom. The first kappa shape index (κ1) is 9.01. The van der Waals surface area contributed by atoms with Crippen molar-refractivity contribution in [1.29, 1.82) is 0 Å². The van der Waals surface area contributed by atoms with Gasteiger partial charge in [-0.15, -0.1) is 16.7 Å². The summed E-state index contributed by atoms with van der Waals surface area (Å²) in [5.41, 5.74) is 0. The topological polar surface area (TPSA) is 77.0 Å². The molecule has 0 fully saturated rings. The van der Waals surface area contributed by atoms with E-state index in [0.717, 1.165) is 0 Å². The number of halogens is 1. The maximum atomic E-state index is 5.49. The first-order valence-corrected chi connectivity index (χ1v) is 4.43. The molecule has 2 rings (SSSR count). The lowest BCUT2D eigenvalue weighted by atomic mass is 10.5. The Labute approximate surface area is 84.2 Å². The third kappa shape index (κ3) is 2.02. The zero-order valence-electron chi connectivity index (χ0n) is 7.11. The van der Waals surface area contributed by atoms with E-state index in [0.29, 0.717) is 24.2 Å². The number of nitrogens with one attached hydrogen (secondary N) is 1. The van der Waals surface area contributed by atoms with Crippen molar-refractivity contribution < 1.29 is 8.94 Å². The van der Waals surface area contributed by atoms with Crippen molar-refractivity contribution in [1.82, 2.24) is 15.4 Å². The summed E-state index contributed by atoms with van der Waals surface area (Å²) < 4.78 is 9.96. The monoisotopic (exact) mass is 214 g/mol. The lowest BCUT2D eigenvalue weighted by Gasteiger charge is -1.94. The molecule has 0 amide bonds. The van der Waals surface area contributed by atoms with Crippen molar-refractivity contribution in [2.75, 3.05) is 5.32 Å². The summed E-state index contributed by atoms with van der Waals surface area (Å²) in [5, 5.41) is 13.8. The molecular formula is C7H7ClN4O2. The van der Waals surface area contributed by atoms with Crippen molar-refractivity contribution in [2.24, 2.45) is 0 Å². The van der Waals surface area contributed by atoms with Gasteiger partial charge in [0.1, 0.15) is 5.88 Å². The van der Waals surface area contributed by atoms with Crippen LogP contribution in [-0.2, 0) is 12.4 Å². The van der Waals surface area contributed by atoms with Gasteiger partial charge in [-0.2, -0.15) is 0 Å². The molecule has 7 heteroatoms. The molecule has 0 saturated carbocycles. The number of hydrogen-bond acceptors (Lipinski definition) is 6. The van der Waals surface area contributed by atoms with Crippen LogP contribution in [0.2, 0.25) is 0 Å². The van der Waals surface area contributed by atoms with Crippen LogP contribution in [0.3, 0.4) is 0 Å². The quantitative estimate of drug-likeness (QED) is 0.776. The average Bonchev–Trinajstić information content (AvgIpc) is 2.86. The fraction of sp³-hybridized carbons (Fsp3) is 0.286. The lowest BCUT2D eigenvalue weighted by Crippen LogP contribution is -1.97. The average molecular weight is 215 g/mol. The van der Waals surface area contributed by atoms with Gasteiger partial charge in [0.2, 0.25) is 5.89 Å². The Kier molecular flexibility index (Phi) is 2.64. The van der Waals surface area contributed by atoms with E-state index in [1.165, 1.54) is 0 Å². The Hall–Kier alpha value is -1.56. The minimum Gasteiger partial charge on any atom is -0.407 e. The Bertz CT molecular complexity index is 386. The predicted octanol–water partition coefficient (Wildman–Crippen LogP) is 1.41. The largest absolute Gasteiger partial charge is 0.407 e. The molecule has 0 spiro atoms. The van der Waals surface area contributed by atoms with Crippen LogP contribution < -0.4 is 5.32 Å². The number of hydrogen-bond donors (Lipinski definition) is 1. The summed E-state index contributed by atoms with van der Waals surface area (Å²) in [6.07, 6.45) is 1.56. The first-order valence-electron chi connectivity index (χ1n) is 3.90. The highest BCUT2D eigenvalue weighted by atomic mass is 35.5. The van der Waals surface area contributed by atoms with Crippen molar-refractivity contribution >= 4 is 17.6 Å². The SMILES string of the molecule is ClCc1nnc(NCc2ccno2)o1. The summed E-state index contributed by atoms with van der Waals surface area (Å²) in [4.78, 5) is 0. The second kappa shape index (κ2) is 4.10. The molecule has 2 aromatic rings. The zero-order valence-corrected chi connectivity index (χ0v) is 7.86. The lowest BCUT2D eigenvalue weighted by molar-refractivity contribution is 0.386. The molecule has 2 heterocycles. The molecule has 0 unspecified atom stereocenters. The van der Waals surface area contributed by atoms with E-state index in [9.17, 15) is 0 Å². The minimum atomic E-state index is 0.205. The highest BCUT2D eigenvalue weighted by Crippen LogP contribution is 2.08. The number of aromatic nitrogens is 3. The van der Waals surface area contributed by atoms with Crippen LogP contribution >= 0.6 is 11.6 Å². The smallest absolute Gasteiger partial charge is 0.315 e. The second-order valence-corrected chi connectivity index (χ2v) is 2.73. The molecule has 1 N–H and O–H groups in total. The molecule has 74 valence electrons. The summed E-state index contributed by atoms with van der Waals surface area (Å²) >= 11 is 5.49. The molecule has 0 aliphatic carbocycles. The fourth-order valence-corrected chi connectivity index (χ4v) is 0.983. The van der Waals surface area contributed by atoms with Crippen LogP contribution in [0, 0.1) is 0 Å². The van der Waals surface area contributed by atoms with Crippen LogP contribution in [0.25, 0.3) is 0 Å². The minimum absolute atomic E-state index is 0.205. The molecular weight excluding hydrogens is 208 g/mol. The van der Waals surface area contributed by atoms with Crippen LogP contribution in [0.15, 0.2) is 21.2 Å². The molecule has 14 heavy (non-hydrogen) atoms. The van der Waals surface area contributed by atoms with Gasteiger partial charge >= 0.3 is 6.01 Å². The van der Waals surface area contributed by atoms with Crippen molar-refractivity contribution in [2.45, 2.75) is 12.4 Å². The molecule has 0 radical (unpaired) electrons. The van der Waals surface area contributed by atoms with E-state index in [4.69, 9.17) is 20.5 Å². The van der Waals surface area contributed by atoms with E-state index < -0.39 is 0 Å². The molecule has 0 bridgehead atoms. The summed E-state index contributed by atoms with van der Waals surface area (Å²) in [6.45, 7) is 0.448. The summed E-state index contributed by atoms with van der Waals surface area (Å²) in [6, 6.07) is 2.06. The number of nitrogens with zero attached hydrogens (tertiary/aromatic N) is 3. The number of alkyl halides is 1. The van der Waals surface area contributed by atoms with Gasteiger partial charge < -0.3 is 14.3 Å². The van der Waals surface area contributed by atoms with E-state index in [1.807, 2.05) is 0 Å². The van der Waals surface area contributed by atoms with Gasteiger partial charge in [0.05, 0.1) is 12.7 Å². The van der Waals surface area contributed by atoms with Gasteiger partial charge in [-0.3, -0.25) is 0 Å². The molecule has 0 aliphatic heterocycles. The summed E-state index contributed by atoms with van der Waals surface area (Å²) in [7, 11) is 0. The number of rotatable bonds is 4. The molecule has 0 atom stereocenters. The van der Waals surface area contributed by atoms with Crippen LogP contribution in [0.1, 0.15) is 11.7 Å². The molecule has 0 aromatic carbocycles. The number of anilines is 1. The van der Waals surface area contributed by atoms with Crippen molar-refractivity contribution in [3.63, 3.8) is 0 Å². The van der Waals surface area contributed by atoms with Gasteiger partial charge in [0.15, 0.2) is 5.76 Å². The highest BCUT2D eigenvalue weighted by Gasteiger charge is 2.04. The van der Waals surface area contributed by atoms with Crippen molar-refractivity contribution in [3.05, 3.63) is 23.9 Å². The third-order valence-corrected chi connectivity index (χ3v) is 1.71. The normalized spacial score (nSPS) is 10.4. The molecule has 6 nitrogen and oxygen atoms in total. The Morgan fingerprint density at radius 2 is 2.36 bits per heavy atom. The van der Waals surface area contributed by atoms with Crippen LogP contribution in [-0.4, -0.2) is 15.4 Å². The Morgan fingerprint density at radius 3 is 3.00 bits per heavy atom.